The lowest BCUT2D eigenvalue weighted by Crippen LogP contribution is -2.37. The van der Waals surface area contributed by atoms with Gasteiger partial charge in [0.1, 0.15) is 0 Å². The molecule has 0 aromatic heterocycles. The van der Waals surface area contributed by atoms with Gasteiger partial charge in [0.15, 0.2) is 5.78 Å². The fourth-order valence-corrected chi connectivity index (χ4v) is 1.47. The minimum atomic E-state index is 0.109. The van der Waals surface area contributed by atoms with Crippen molar-refractivity contribution in [2.24, 2.45) is 11.8 Å². The van der Waals surface area contributed by atoms with Crippen LogP contribution in [0.25, 0.3) is 0 Å². The topological polar surface area (TPSA) is 29.1 Å². The first-order chi connectivity index (χ1) is 5.65. The molecule has 1 saturated carbocycles. The van der Waals surface area contributed by atoms with Crippen molar-refractivity contribution in [3.63, 3.8) is 0 Å². The van der Waals surface area contributed by atoms with Crippen LogP contribution in [0.5, 0.6) is 0 Å². The van der Waals surface area contributed by atoms with E-state index in [0.29, 0.717) is 5.78 Å². The number of rotatable bonds is 5. The number of hydrogen-bond acceptors (Lipinski definition) is 2. The van der Waals surface area contributed by atoms with Crippen LogP contribution >= 0.6 is 0 Å². The van der Waals surface area contributed by atoms with Crippen LogP contribution in [0, 0.1) is 11.8 Å². The summed E-state index contributed by atoms with van der Waals surface area (Å²) in [4.78, 5) is 11.6. The Morgan fingerprint density at radius 3 is 2.42 bits per heavy atom. The molecule has 1 fully saturated rings. The lowest BCUT2D eigenvalue weighted by molar-refractivity contribution is -0.124. The molecule has 1 rings (SSSR count). The molecule has 1 aliphatic rings. The van der Waals surface area contributed by atoms with Gasteiger partial charge in [0.25, 0.3) is 0 Å². The van der Waals surface area contributed by atoms with Gasteiger partial charge in [-0.2, -0.15) is 0 Å². The average Bonchev–Trinajstić information content (AvgIpc) is 2.82. The quantitative estimate of drug-likeness (QED) is 0.677. The molecule has 0 bridgehead atoms. The summed E-state index contributed by atoms with van der Waals surface area (Å²) < 4.78 is 0. The summed E-state index contributed by atoms with van der Waals surface area (Å²) in [5.41, 5.74) is 0. The van der Waals surface area contributed by atoms with E-state index in [0.717, 1.165) is 12.3 Å². The maximum Gasteiger partial charge on any atom is 0.152 e. The van der Waals surface area contributed by atoms with Gasteiger partial charge in [0.2, 0.25) is 0 Å². The third-order valence-corrected chi connectivity index (χ3v) is 2.53. The maximum atomic E-state index is 11.6. The van der Waals surface area contributed by atoms with Crippen molar-refractivity contribution in [1.82, 2.24) is 5.32 Å². The van der Waals surface area contributed by atoms with Crippen LogP contribution < -0.4 is 5.32 Å². The highest BCUT2D eigenvalue weighted by Gasteiger charge is 2.28. The summed E-state index contributed by atoms with van der Waals surface area (Å²) in [5, 5.41) is 3.10. The number of carbonyl (C=O) groups is 1. The molecular weight excluding hydrogens is 150 g/mol. The Labute approximate surface area is 74.7 Å². The lowest BCUT2D eigenvalue weighted by atomic mass is 9.97. The Morgan fingerprint density at radius 1 is 1.50 bits per heavy atom. The Morgan fingerprint density at radius 2 is 2.08 bits per heavy atom. The zero-order chi connectivity index (χ0) is 9.14. The van der Waals surface area contributed by atoms with Gasteiger partial charge < -0.3 is 5.32 Å². The molecule has 0 spiro atoms. The standard InChI is InChI=1S/C10H19NO/c1-7(2)10(12)9(11-3)6-8-4-5-8/h7-9,11H,4-6H2,1-3H3/t9-/m0/s1. The first kappa shape index (κ1) is 9.72. The van der Waals surface area contributed by atoms with E-state index in [1.165, 1.54) is 12.8 Å². The molecule has 0 radical (unpaired) electrons. The molecule has 0 aromatic carbocycles. The predicted molar refractivity (Wildman–Crippen MR) is 50.0 cm³/mol. The Balaban J connectivity index is 2.36. The van der Waals surface area contributed by atoms with Gasteiger partial charge in [-0.15, -0.1) is 0 Å². The largest absolute Gasteiger partial charge is 0.311 e. The summed E-state index contributed by atoms with van der Waals surface area (Å²) in [5.74, 6) is 1.36. The zero-order valence-corrected chi connectivity index (χ0v) is 8.26. The van der Waals surface area contributed by atoms with E-state index < -0.39 is 0 Å². The van der Waals surface area contributed by atoms with Crippen LogP contribution in [0.3, 0.4) is 0 Å². The molecule has 1 atom stereocenters. The fraction of sp³-hybridized carbons (Fsp3) is 0.900. The van der Waals surface area contributed by atoms with Gasteiger partial charge in [-0.05, 0) is 19.4 Å². The molecule has 0 saturated heterocycles. The van der Waals surface area contributed by atoms with Crippen LogP contribution in [0.4, 0.5) is 0 Å². The number of Topliss-reactive ketones (excluding diaryl/α,β-unsaturated/α-hetero) is 1. The molecule has 1 aliphatic carbocycles. The molecule has 0 aliphatic heterocycles. The third-order valence-electron chi connectivity index (χ3n) is 2.53. The van der Waals surface area contributed by atoms with Crippen molar-refractivity contribution >= 4 is 5.78 Å². The molecule has 0 aromatic rings. The van der Waals surface area contributed by atoms with Crippen molar-refractivity contribution in [2.75, 3.05) is 7.05 Å². The maximum absolute atomic E-state index is 11.6. The molecule has 1 N–H and O–H groups in total. The van der Waals surface area contributed by atoms with Crippen LogP contribution in [-0.4, -0.2) is 18.9 Å². The summed E-state index contributed by atoms with van der Waals surface area (Å²) in [6, 6.07) is 0.109. The van der Waals surface area contributed by atoms with Gasteiger partial charge in [-0.3, -0.25) is 4.79 Å². The minimum absolute atomic E-state index is 0.109. The van der Waals surface area contributed by atoms with Gasteiger partial charge >= 0.3 is 0 Å². The van der Waals surface area contributed by atoms with E-state index in [1.54, 1.807) is 0 Å². The highest BCUT2D eigenvalue weighted by molar-refractivity contribution is 5.85. The summed E-state index contributed by atoms with van der Waals surface area (Å²) in [6.07, 6.45) is 3.70. The van der Waals surface area contributed by atoms with E-state index in [9.17, 15) is 4.79 Å². The van der Waals surface area contributed by atoms with Crippen molar-refractivity contribution in [1.29, 1.82) is 0 Å². The first-order valence-electron chi connectivity index (χ1n) is 4.86. The summed E-state index contributed by atoms with van der Waals surface area (Å²) >= 11 is 0. The van der Waals surface area contributed by atoms with Crippen LogP contribution in [-0.2, 0) is 4.79 Å². The molecule has 0 unspecified atom stereocenters. The van der Waals surface area contributed by atoms with Crippen molar-refractivity contribution in [3.8, 4) is 0 Å². The monoisotopic (exact) mass is 169 g/mol. The predicted octanol–water partition coefficient (Wildman–Crippen LogP) is 1.60. The van der Waals surface area contributed by atoms with Gasteiger partial charge in [-0.25, -0.2) is 0 Å². The second-order valence-electron chi connectivity index (χ2n) is 4.08. The van der Waals surface area contributed by atoms with Crippen molar-refractivity contribution in [2.45, 2.75) is 39.2 Å². The highest BCUT2D eigenvalue weighted by atomic mass is 16.1. The molecule has 0 amide bonds. The van der Waals surface area contributed by atoms with Gasteiger partial charge in [-0.1, -0.05) is 26.7 Å². The fourth-order valence-electron chi connectivity index (χ4n) is 1.47. The molecule has 70 valence electrons. The number of carbonyl (C=O) groups excluding carboxylic acids is 1. The second kappa shape index (κ2) is 4.04. The minimum Gasteiger partial charge on any atom is -0.311 e. The van der Waals surface area contributed by atoms with Crippen LogP contribution in [0.1, 0.15) is 33.1 Å². The van der Waals surface area contributed by atoms with Crippen molar-refractivity contribution in [3.05, 3.63) is 0 Å². The second-order valence-corrected chi connectivity index (χ2v) is 4.08. The Kier molecular flexibility index (Phi) is 3.27. The number of likely N-dealkylation sites (N-methyl/N-ethyl adjacent to an activating group) is 1. The van der Waals surface area contributed by atoms with Crippen LogP contribution in [0.15, 0.2) is 0 Å². The first-order valence-corrected chi connectivity index (χ1v) is 4.86. The number of nitrogens with one attached hydrogen (secondary N) is 1. The van der Waals surface area contributed by atoms with Gasteiger partial charge in [0.05, 0.1) is 6.04 Å². The smallest absolute Gasteiger partial charge is 0.152 e. The van der Waals surface area contributed by atoms with E-state index in [-0.39, 0.29) is 12.0 Å². The number of hydrogen-bond donors (Lipinski definition) is 1. The Bertz CT molecular complexity index is 161. The van der Waals surface area contributed by atoms with Crippen molar-refractivity contribution < 1.29 is 4.79 Å². The zero-order valence-electron chi connectivity index (χ0n) is 8.26. The third kappa shape index (κ3) is 2.59. The molecule has 2 nitrogen and oxygen atoms in total. The van der Waals surface area contributed by atoms with Gasteiger partial charge in [0, 0.05) is 5.92 Å². The Hall–Kier alpha value is -0.370. The molecular formula is C10H19NO. The van der Waals surface area contributed by atoms with E-state index in [2.05, 4.69) is 5.32 Å². The SMILES string of the molecule is CN[C@@H](CC1CC1)C(=O)C(C)C. The normalized spacial score (nSPS) is 19.7. The van der Waals surface area contributed by atoms with E-state index >= 15 is 0 Å². The lowest BCUT2D eigenvalue weighted by Gasteiger charge is -2.16. The average molecular weight is 169 g/mol. The summed E-state index contributed by atoms with van der Waals surface area (Å²) in [7, 11) is 1.88. The van der Waals surface area contributed by atoms with E-state index in [1.807, 2.05) is 20.9 Å². The molecule has 2 heteroatoms. The summed E-state index contributed by atoms with van der Waals surface area (Å²) in [6.45, 7) is 3.94. The van der Waals surface area contributed by atoms with Crippen LogP contribution in [0.2, 0.25) is 0 Å². The number of ketones is 1. The highest BCUT2D eigenvalue weighted by Crippen LogP contribution is 2.33. The molecule has 0 heterocycles. The van der Waals surface area contributed by atoms with E-state index in [4.69, 9.17) is 0 Å². The molecule has 12 heavy (non-hydrogen) atoms.